The van der Waals surface area contributed by atoms with E-state index < -0.39 is 0 Å². The zero-order valence-electron chi connectivity index (χ0n) is 14.9. The molecule has 0 saturated carbocycles. The van der Waals surface area contributed by atoms with Crippen molar-refractivity contribution in [1.29, 1.82) is 0 Å². The van der Waals surface area contributed by atoms with Crippen molar-refractivity contribution in [3.63, 3.8) is 0 Å². The average molecular weight is 348 g/mol. The van der Waals surface area contributed by atoms with Crippen molar-refractivity contribution in [3.05, 3.63) is 71.8 Å². The molecular formula is C21H20N2O3. The van der Waals surface area contributed by atoms with E-state index in [0.29, 0.717) is 22.6 Å². The minimum Gasteiger partial charge on any atom is -0.495 e. The second-order valence-corrected chi connectivity index (χ2v) is 6.10. The maximum atomic E-state index is 12.8. The molecule has 1 N–H and O–H groups in total. The van der Waals surface area contributed by atoms with Crippen molar-refractivity contribution < 1.29 is 14.3 Å². The van der Waals surface area contributed by atoms with Gasteiger partial charge in [-0.3, -0.25) is 9.59 Å². The number of ether oxygens (including phenoxy) is 1. The molecule has 0 aliphatic heterocycles. The van der Waals surface area contributed by atoms with Gasteiger partial charge in [0.15, 0.2) is 0 Å². The Morgan fingerprint density at radius 1 is 0.962 bits per heavy atom. The highest BCUT2D eigenvalue weighted by Crippen LogP contribution is 2.27. The molecule has 0 aromatic heterocycles. The number of hydrogen-bond donors (Lipinski definition) is 1. The number of carbonyl (C=O) groups is 2. The highest BCUT2D eigenvalue weighted by Gasteiger charge is 2.15. The summed E-state index contributed by atoms with van der Waals surface area (Å²) in [5.74, 6) is 0.0942. The summed E-state index contributed by atoms with van der Waals surface area (Å²) in [7, 11) is 4.89. The smallest absolute Gasteiger partial charge is 0.256 e. The molecule has 0 heterocycles. The van der Waals surface area contributed by atoms with Crippen molar-refractivity contribution in [2.75, 3.05) is 26.5 Å². The van der Waals surface area contributed by atoms with E-state index in [1.54, 1.807) is 38.4 Å². The van der Waals surface area contributed by atoms with Gasteiger partial charge >= 0.3 is 0 Å². The van der Waals surface area contributed by atoms with Crippen LogP contribution in [0.3, 0.4) is 0 Å². The number of fused-ring (bicyclic) bond motifs is 1. The molecule has 0 saturated heterocycles. The van der Waals surface area contributed by atoms with Gasteiger partial charge in [0.1, 0.15) is 5.75 Å². The summed E-state index contributed by atoms with van der Waals surface area (Å²) in [6, 6.07) is 18.3. The molecule has 0 aliphatic carbocycles. The lowest BCUT2D eigenvalue weighted by molar-refractivity contribution is 0.0827. The molecule has 26 heavy (non-hydrogen) atoms. The molecule has 0 unspecified atom stereocenters. The Labute approximate surface area is 152 Å². The van der Waals surface area contributed by atoms with Crippen LogP contribution in [0.1, 0.15) is 20.7 Å². The van der Waals surface area contributed by atoms with Crippen LogP contribution in [0.25, 0.3) is 10.8 Å². The van der Waals surface area contributed by atoms with Gasteiger partial charge in [-0.25, -0.2) is 0 Å². The first-order chi connectivity index (χ1) is 12.5. The fraction of sp³-hybridized carbons (Fsp3) is 0.143. The number of amides is 2. The van der Waals surface area contributed by atoms with Crippen LogP contribution in [0.5, 0.6) is 5.75 Å². The summed E-state index contributed by atoms with van der Waals surface area (Å²) in [6.07, 6.45) is 0. The summed E-state index contributed by atoms with van der Waals surface area (Å²) in [4.78, 5) is 26.5. The number of methoxy groups -OCH3 is 1. The van der Waals surface area contributed by atoms with Gasteiger partial charge in [0.25, 0.3) is 11.8 Å². The lowest BCUT2D eigenvalue weighted by Gasteiger charge is -2.15. The van der Waals surface area contributed by atoms with Gasteiger partial charge < -0.3 is 15.0 Å². The second kappa shape index (κ2) is 7.27. The predicted molar refractivity (Wildman–Crippen MR) is 103 cm³/mol. The van der Waals surface area contributed by atoms with Crippen molar-refractivity contribution in [1.82, 2.24) is 4.90 Å². The Morgan fingerprint density at radius 2 is 1.69 bits per heavy atom. The zero-order valence-corrected chi connectivity index (χ0v) is 14.9. The first kappa shape index (κ1) is 17.5. The highest BCUT2D eigenvalue weighted by atomic mass is 16.5. The van der Waals surface area contributed by atoms with Crippen molar-refractivity contribution >= 4 is 28.3 Å². The molecule has 132 valence electrons. The van der Waals surface area contributed by atoms with E-state index in [1.807, 2.05) is 36.4 Å². The summed E-state index contributed by atoms with van der Waals surface area (Å²) in [6.45, 7) is 0. The van der Waals surface area contributed by atoms with E-state index >= 15 is 0 Å². The molecule has 0 aliphatic rings. The lowest BCUT2D eigenvalue weighted by Crippen LogP contribution is -2.22. The van der Waals surface area contributed by atoms with Crippen LogP contribution in [0.4, 0.5) is 5.69 Å². The van der Waals surface area contributed by atoms with Crippen LogP contribution in [-0.2, 0) is 0 Å². The van der Waals surface area contributed by atoms with Crippen LogP contribution < -0.4 is 10.1 Å². The average Bonchev–Trinajstić information content (AvgIpc) is 2.66. The standard InChI is InChI=1S/C21H20N2O3/c1-23(2)21(25)15-11-12-19(26-3)18(13-15)22-20(24)17-10-6-8-14-7-4-5-9-16(14)17/h4-13H,1-3H3,(H,22,24). The topological polar surface area (TPSA) is 58.6 Å². The minimum atomic E-state index is -0.255. The molecule has 0 spiro atoms. The Balaban J connectivity index is 1.98. The molecule has 0 atom stereocenters. The van der Waals surface area contributed by atoms with E-state index in [1.165, 1.54) is 12.0 Å². The third-order valence-corrected chi connectivity index (χ3v) is 4.14. The summed E-state index contributed by atoms with van der Waals surface area (Å²) >= 11 is 0. The number of nitrogens with one attached hydrogen (secondary N) is 1. The van der Waals surface area contributed by atoms with Crippen LogP contribution in [-0.4, -0.2) is 37.9 Å². The van der Waals surface area contributed by atoms with Gasteiger partial charge in [0.2, 0.25) is 0 Å². The quantitative estimate of drug-likeness (QED) is 0.780. The van der Waals surface area contributed by atoms with Gasteiger partial charge in [-0.05, 0) is 35.0 Å². The van der Waals surface area contributed by atoms with Crippen LogP contribution in [0, 0.1) is 0 Å². The van der Waals surface area contributed by atoms with Gasteiger partial charge in [-0.2, -0.15) is 0 Å². The minimum absolute atomic E-state index is 0.145. The Kier molecular flexibility index (Phi) is 4.89. The number of benzene rings is 3. The molecule has 3 aromatic rings. The molecule has 5 nitrogen and oxygen atoms in total. The summed E-state index contributed by atoms with van der Waals surface area (Å²) in [5, 5.41) is 4.73. The maximum absolute atomic E-state index is 12.8. The molecule has 3 aromatic carbocycles. The Morgan fingerprint density at radius 3 is 2.42 bits per heavy atom. The van der Waals surface area contributed by atoms with Crippen LogP contribution in [0.15, 0.2) is 60.7 Å². The van der Waals surface area contributed by atoms with E-state index in [-0.39, 0.29) is 11.8 Å². The summed E-state index contributed by atoms with van der Waals surface area (Å²) in [5.41, 5.74) is 1.50. The van der Waals surface area contributed by atoms with Crippen molar-refractivity contribution in [3.8, 4) is 5.75 Å². The Hall–Kier alpha value is -3.34. The first-order valence-corrected chi connectivity index (χ1v) is 8.20. The normalized spacial score (nSPS) is 10.4. The third kappa shape index (κ3) is 3.37. The van der Waals surface area contributed by atoms with E-state index in [9.17, 15) is 9.59 Å². The zero-order chi connectivity index (χ0) is 18.7. The highest BCUT2D eigenvalue weighted by molar-refractivity contribution is 6.13. The fourth-order valence-corrected chi connectivity index (χ4v) is 2.81. The SMILES string of the molecule is COc1ccc(C(=O)N(C)C)cc1NC(=O)c1cccc2ccccc12. The molecule has 2 amide bonds. The predicted octanol–water partition coefficient (Wildman–Crippen LogP) is 3.80. The molecule has 0 radical (unpaired) electrons. The maximum Gasteiger partial charge on any atom is 0.256 e. The van der Waals surface area contributed by atoms with E-state index in [4.69, 9.17) is 4.74 Å². The van der Waals surface area contributed by atoms with Crippen LogP contribution >= 0.6 is 0 Å². The molecule has 5 heteroatoms. The largest absolute Gasteiger partial charge is 0.495 e. The second-order valence-electron chi connectivity index (χ2n) is 6.10. The number of anilines is 1. The van der Waals surface area contributed by atoms with Gasteiger partial charge in [0, 0.05) is 25.2 Å². The fourth-order valence-electron chi connectivity index (χ4n) is 2.81. The summed E-state index contributed by atoms with van der Waals surface area (Å²) < 4.78 is 5.33. The molecule has 0 bridgehead atoms. The monoisotopic (exact) mass is 348 g/mol. The number of hydrogen-bond acceptors (Lipinski definition) is 3. The third-order valence-electron chi connectivity index (χ3n) is 4.14. The van der Waals surface area contributed by atoms with Gasteiger partial charge in [-0.15, -0.1) is 0 Å². The molecular weight excluding hydrogens is 328 g/mol. The van der Waals surface area contributed by atoms with Crippen LogP contribution in [0.2, 0.25) is 0 Å². The number of rotatable bonds is 4. The Bertz CT molecular complexity index is 975. The molecule has 3 rings (SSSR count). The van der Waals surface area contributed by atoms with Crippen molar-refractivity contribution in [2.45, 2.75) is 0 Å². The lowest BCUT2D eigenvalue weighted by atomic mass is 10.0. The van der Waals surface area contributed by atoms with Gasteiger partial charge in [0.05, 0.1) is 12.8 Å². The van der Waals surface area contributed by atoms with Crippen molar-refractivity contribution in [2.24, 2.45) is 0 Å². The first-order valence-electron chi connectivity index (χ1n) is 8.20. The van der Waals surface area contributed by atoms with E-state index in [0.717, 1.165) is 10.8 Å². The number of carbonyl (C=O) groups excluding carboxylic acids is 2. The molecule has 0 fully saturated rings. The number of nitrogens with zero attached hydrogens (tertiary/aromatic N) is 1. The van der Waals surface area contributed by atoms with E-state index in [2.05, 4.69) is 5.32 Å². The van der Waals surface area contributed by atoms with Gasteiger partial charge in [-0.1, -0.05) is 36.4 Å².